The van der Waals surface area contributed by atoms with Gasteiger partial charge in [-0.1, -0.05) is 29.8 Å². The van der Waals surface area contributed by atoms with Crippen molar-refractivity contribution >= 4 is 45.5 Å². The largest absolute Gasteiger partial charge is 0.337 e. The molecule has 1 unspecified atom stereocenters. The third-order valence-corrected chi connectivity index (χ3v) is 6.27. The smallest absolute Gasteiger partial charge is 0.249 e. The summed E-state index contributed by atoms with van der Waals surface area (Å²) in [6, 6.07) is 7.08. The van der Waals surface area contributed by atoms with Gasteiger partial charge >= 0.3 is 0 Å². The summed E-state index contributed by atoms with van der Waals surface area (Å²) in [6.07, 6.45) is 0.745. The number of carbonyl (C=O) groups excluding carboxylic acids is 2. The van der Waals surface area contributed by atoms with E-state index in [0.717, 1.165) is 38.7 Å². The molecule has 1 aromatic carbocycles. The number of rotatable bonds is 1. The predicted molar refractivity (Wildman–Crippen MR) is 104 cm³/mol. The SMILES string of the molecule is CC(=O)N1CCc2c(sc3c2C(c2ccccc2Cl)=NC(C)C(=O)N3)C1. The first kappa shape index (κ1) is 17.2. The molecular weight excluding hydrogens is 370 g/mol. The number of anilines is 1. The summed E-state index contributed by atoms with van der Waals surface area (Å²) in [5.74, 6) is -0.0628. The number of nitrogens with zero attached hydrogens (tertiary/aromatic N) is 2. The average Bonchev–Trinajstić information content (AvgIpc) is 2.91. The Kier molecular flexibility index (Phi) is 4.32. The van der Waals surface area contributed by atoms with Crippen LogP contribution in [0, 0.1) is 0 Å². The second-order valence-corrected chi connectivity index (χ2v) is 8.03. The van der Waals surface area contributed by atoms with Crippen molar-refractivity contribution in [2.75, 3.05) is 11.9 Å². The summed E-state index contributed by atoms with van der Waals surface area (Å²) in [5, 5.41) is 4.42. The zero-order valence-corrected chi connectivity index (χ0v) is 16.1. The van der Waals surface area contributed by atoms with Crippen LogP contribution in [0.15, 0.2) is 29.3 Å². The number of fused-ring (bicyclic) bond motifs is 3. The van der Waals surface area contributed by atoms with Crippen LogP contribution in [0.5, 0.6) is 0 Å². The molecule has 134 valence electrons. The van der Waals surface area contributed by atoms with Gasteiger partial charge in [0.05, 0.1) is 12.3 Å². The summed E-state index contributed by atoms with van der Waals surface area (Å²) < 4.78 is 0. The molecule has 0 bridgehead atoms. The van der Waals surface area contributed by atoms with Crippen LogP contribution in [0.1, 0.15) is 35.4 Å². The van der Waals surface area contributed by atoms with Gasteiger partial charge in [-0.15, -0.1) is 11.3 Å². The molecule has 1 N–H and O–H groups in total. The van der Waals surface area contributed by atoms with Crippen molar-refractivity contribution in [3.63, 3.8) is 0 Å². The van der Waals surface area contributed by atoms with E-state index in [9.17, 15) is 9.59 Å². The fraction of sp³-hybridized carbons (Fsp3) is 0.316. The molecule has 26 heavy (non-hydrogen) atoms. The Morgan fingerprint density at radius 2 is 2.15 bits per heavy atom. The molecule has 3 heterocycles. The maximum Gasteiger partial charge on any atom is 0.249 e. The topological polar surface area (TPSA) is 61.8 Å². The van der Waals surface area contributed by atoms with Crippen molar-refractivity contribution in [2.24, 2.45) is 4.99 Å². The van der Waals surface area contributed by atoms with Gasteiger partial charge in [-0.25, -0.2) is 0 Å². The van der Waals surface area contributed by atoms with Crippen LogP contribution < -0.4 is 5.32 Å². The van der Waals surface area contributed by atoms with Gasteiger partial charge in [-0.2, -0.15) is 0 Å². The Labute approximate surface area is 160 Å². The molecule has 1 atom stereocenters. The summed E-state index contributed by atoms with van der Waals surface area (Å²) in [6.45, 7) is 4.62. The van der Waals surface area contributed by atoms with E-state index >= 15 is 0 Å². The third-order valence-electron chi connectivity index (χ3n) is 4.81. The minimum Gasteiger partial charge on any atom is -0.337 e. The molecule has 0 saturated carbocycles. The molecule has 2 aliphatic rings. The highest BCUT2D eigenvalue weighted by molar-refractivity contribution is 7.17. The molecule has 4 rings (SSSR count). The standard InChI is InChI=1S/C19H18ClN3O2S/c1-10-18(25)22-19-16(17(21-10)12-5-3-4-6-14(12)20)13-7-8-23(11(2)24)9-15(13)26-19/h3-6,10H,7-9H2,1-2H3,(H,22,25). The number of hydrogen-bond donors (Lipinski definition) is 1. The highest BCUT2D eigenvalue weighted by Gasteiger charge is 2.32. The summed E-state index contributed by atoms with van der Waals surface area (Å²) in [7, 11) is 0. The van der Waals surface area contributed by atoms with Crippen LogP contribution in [0.2, 0.25) is 5.02 Å². The Hall–Kier alpha value is -2.18. The quantitative estimate of drug-likeness (QED) is 0.814. The van der Waals surface area contributed by atoms with Crippen molar-refractivity contribution in [1.29, 1.82) is 0 Å². The number of aliphatic imine (C=N–C) groups is 1. The van der Waals surface area contributed by atoms with Gasteiger partial charge in [0.15, 0.2) is 0 Å². The molecular formula is C19H18ClN3O2S. The Balaban J connectivity index is 1.90. The minimum absolute atomic E-state index is 0.0666. The third kappa shape index (κ3) is 2.83. The van der Waals surface area contributed by atoms with Gasteiger partial charge in [0.2, 0.25) is 11.8 Å². The highest BCUT2D eigenvalue weighted by Crippen LogP contribution is 2.40. The second kappa shape index (κ2) is 6.52. The van der Waals surface area contributed by atoms with Crippen LogP contribution >= 0.6 is 22.9 Å². The molecule has 0 aliphatic carbocycles. The molecule has 0 radical (unpaired) electrons. The highest BCUT2D eigenvalue weighted by atomic mass is 35.5. The number of benzene rings is 1. The summed E-state index contributed by atoms with van der Waals surface area (Å²) in [4.78, 5) is 31.8. The first-order valence-corrected chi connectivity index (χ1v) is 9.69. The first-order chi connectivity index (χ1) is 12.5. The van der Waals surface area contributed by atoms with Gasteiger partial charge in [0.25, 0.3) is 0 Å². The molecule has 7 heteroatoms. The summed E-state index contributed by atoms with van der Waals surface area (Å²) in [5.41, 5.74) is 3.70. The maximum atomic E-state index is 12.4. The van der Waals surface area contributed by atoms with Crippen molar-refractivity contribution in [3.8, 4) is 0 Å². The monoisotopic (exact) mass is 387 g/mol. The zero-order chi connectivity index (χ0) is 18.4. The molecule has 0 saturated heterocycles. The van der Waals surface area contributed by atoms with E-state index < -0.39 is 6.04 Å². The summed E-state index contributed by atoms with van der Waals surface area (Å²) >= 11 is 7.97. The van der Waals surface area contributed by atoms with Crippen molar-refractivity contribution in [3.05, 3.63) is 50.9 Å². The van der Waals surface area contributed by atoms with E-state index in [1.54, 1.807) is 13.8 Å². The fourth-order valence-corrected chi connectivity index (χ4v) is 4.89. The Bertz CT molecular complexity index is 950. The zero-order valence-electron chi connectivity index (χ0n) is 14.5. The minimum atomic E-state index is -0.492. The predicted octanol–water partition coefficient (Wildman–Crippen LogP) is 3.48. The van der Waals surface area contributed by atoms with Crippen LogP contribution in [0.4, 0.5) is 5.00 Å². The first-order valence-electron chi connectivity index (χ1n) is 8.49. The van der Waals surface area contributed by atoms with E-state index in [4.69, 9.17) is 16.6 Å². The van der Waals surface area contributed by atoms with Crippen LogP contribution in [0.3, 0.4) is 0 Å². The van der Waals surface area contributed by atoms with Gasteiger partial charge in [-0.3, -0.25) is 14.6 Å². The van der Waals surface area contributed by atoms with Crippen molar-refractivity contribution in [1.82, 2.24) is 4.90 Å². The number of amides is 2. The number of thiophene rings is 1. The average molecular weight is 388 g/mol. The number of nitrogens with one attached hydrogen (secondary N) is 1. The van der Waals surface area contributed by atoms with Gasteiger partial charge in [-0.05, 0) is 25.0 Å². The lowest BCUT2D eigenvalue weighted by molar-refractivity contribution is -0.129. The van der Waals surface area contributed by atoms with Gasteiger partial charge < -0.3 is 10.2 Å². The maximum absolute atomic E-state index is 12.4. The van der Waals surface area contributed by atoms with Gasteiger partial charge in [0, 0.05) is 34.5 Å². The lowest BCUT2D eigenvalue weighted by atomic mass is 9.95. The van der Waals surface area contributed by atoms with E-state index in [1.807, 2.05) is 29.2 Å². The number of carbonyl (C=O) groups is 2. The Morgan fingerprint density at radius 1 is 1.38 bits per heavy atom. The molecule has 0 fully saturated rings. The van der Waals surface area contributed by atoms with Gasteiger partial charge in [0.1, 0.15) is 11.0 Å². The number of halogens is 1. The molecule has 2 aromatic rings. The lowest BCUT2D eigenvalue weighted by Crippen LogP contribution is -2.34. The molecule has 0 spiro atoms. The molecule has 1 aromatic heterocycles. The van der Waals surface area contributed by atoms with E-state index in [-0.39, 0.29) is 11.8 Å². The van der Waals surface area contributed by atoms with Crippen LogP contribution in [-0.2, 0) is 22.6 Å². The van der Waals surface area contributed by atoms with Crippen molar-refractivity contribution < 1.29 is 9.59 Å². The van der Waals surface area contributed by atoms with Crippen LogP contribution in [0.25, 0.3) is 0 Å². The molecule has 5 nitrogen and oxygen atoms in total. The lowest BCUT2D eigenvalue weighted by Gasteiger charge is -2.26. The second-order valence-electron chi connectivity index (χ2n) is 6.52. The molecule has 2 aliphatic heterocycles. The molecule has 2 amide bonds. The van der Waals surface area contributed by atoms with Crippen molar-refractivity contribution in [2.45, 2.75) is 32.9 Å². The van der Waals surface area contributed by atoms with E-state index in [2.05, 4.69) is 5.32 Å². The van der Waals surface area contributed by atoms with E-state index in [0.29, 0.717) is 18.1 Å². The fourth-order valence-electron chi connectivity index (χ4n) is 3.40. The normalized spacial score (nSPS) is 19.2. The van der Waals surface area contributed by atoms with E-state index in [1.165, 1.54) is 11.3 Å². The van der Waals surface area contributed by atoms with Crippen LogP contribution in [-0.4, -0.2) is 35.0 Å². The Morgan fingerprint density at radius 3 is 2.88 bits per heavy atom. The number of hydrogen-bond acceptors (Lipinski definition) is 4.